The van der Waals surface area contributed by atoms with Crippen molar-refractivity contribution >= 4 is 44.8 Å². The molecular weight excluding hydrogens is 408 g/mol. The van der Waals surface area contributed by atoms with Crippen LogP contribution in [0.25, 0.3) is 10.2 Å². The Bertz CT molecular complexity index is 1140. The maximum atomic E-state index is 12.5. The number of aromatic nitrogens is 1. The Kier molecular flexibility index (Phi) is 5.55. The number of para-hydroxylation sites is 1. The molecule has 0 saturated carbocycles. The van der Waals surface area contributed by atoms with Crippen molar-refractivity contribution in [2.24, 2.45) is 0 Å². The van der Waals surface area contributed by atoms with Crippen LogP contribution in [0, 0.1) is 10.1 Å². The summed E-state index contributed by atoms with van der Waals surface area (Å²) in [5, 5.41) is 10.7. The third-order valence-corrected chi connectivity index (χ3v) is 6.24. The van der Waals surface area contributed by atoms with Crippen LogP contribution in [0.3, 0.4) is 0 Å². The number of ether oxygens (including phenoxy) is 1. The van der Waals surface area contributed by atoms with Crippen LogP contribution >= 0.6 is 23.1 Å². The molecule has 1 aromatic heterocycles. The lowest BCUT2D eigenvalue weighted by Gasteiger charge is -2.06. The van der Waals surface area contributed by atoms with Crippen molar-refractivity contribution in [1.29, 1.82) is 0 Å². The second-order valence-electron chi connectivity index (χ2n) is 6.04. The summed E-state index contributed by atoms with van der Waals surface area (Å²) in [4.78, 5) is 27.2. The summed E-state index contributed by atoms with van der Waals surface area (Å²) in [7, 11) is 0. The zero-order valence-corrected chi connectivity index (χ0v) is 16.6. The van der Waals surface area contributed by atoms with Gasteiger partial charge < -0.3 is 4.74 Å². The molecule has 3 aromatic carbocycles. The Labute approximate surface area is 174 Å². The lowest BCUT2D eigenvalue weighted by atomic mass is 10.1. The first-order chi connectivity index (χ1) is 14.1. The molecule has 0 saturated heterocycles. The Morgan fingerprint density at radius 1 is 1.00 bits per heavy atom. The van der Waals surface area contributed by atoms with E-state index in [0.717, 1.165) is 14.6 Å². The topological polar surface area (TPSA) is 82.3 Å². The van der Waals surface area contributed by atoms with Gasteiger partial charge in [0.25, 0.3) is 5.69 Å². The number of benzene rings is 3. The average Bonchev–Trinajstić information content (AvgIpc) is 3.16. The van der Waals surface area contributed by atoms with Crippen LogP contribution in [-0.2, 0) is 0 Å². The molecule has 29 heavy (non-hydrogen) atoms. The van der Waals surface area contributed by atoms with Gasteiger partial charge in [-0.1, -0.05) is 23.9 Å². The number of nitro benzene ring substituents is 1. The molecule has 0 N–H and O–H groups in total. The van der Waals surface area contributed by atoms with Gasteiger partial charge in [0.1, 0.15) is 11.5 Å². The quantitative estimate of drug-likeness (QED) is 0.158. The Morgan fingerprint density at radius 2 is 1.66 bits per heavy atom. The molecule has 0 amide bonds. The van der Waals surface area contributed by atoms with Crippen molar-refractivity contribution in [3.63, 3.8) is 0 Å². The number of fused-ring (bicyclic) bond motifs is 1. The lowest BCUT2D eigenvalue weighted by molar-refractivity contribution is -0.384. The van der Waals surface area contributed by atoms with Crippen molar-refractivity contribution in [3.8, 4) is 11.5 Å². The molecule has 0 aliphatic heterocycles. The number of carbonyl (C=O) groups excluding carboxylic acids is 1. The third kappa shape index (κ3) is 4.61. The molecule has 0 radical (unpaired) electrons. The molecule has 6 nitrogen and oxygen atoms in total. The van der Waals surface area contributed by atoms with Crippen LogP contribution in [-0.4, -0.2) is 21.4 Å². The van der Waals surface area contributed by atoms with E-state index in [1.54, 1.807) is 35.6 Å². The smallest absolute Gasteiger partial charge is 0.269 e. The summed E-state index contributed by atoms with van der Waals surface area (Å²) in [5.41, 5.74) is 1.54. The van der Waals surface area contributed by atoms with Gasteiger partial charge in [-0.15, -0.1) is 11.3 Å². The van der Waals surface area contributed by atoms with Gasteiger partial charge in [0.2, 0.25) is 0 Å². The number of thioether (sulfide) groups is 1. The maximum Gasteiger partial charge on any atom is 0.269 e. The summed E-state index contributed by atoms with van der Waals surface area (Å²) in [5.74, 6) is 1.36. The summed E-state index contributed by atoms with van der Waals surface area (Å²) in [6, 6.07) is 20.6. The summed E-state index contributed by atoms with van der Waals surface area (Å²) < 4.78 is 7.64. The normalized spacial score (nSPS) is 10.8. The number of carbonyl (C=O) groups is 1. The van der Waals surface area contributed by atoms with E-state index in [4.69, 9.17) is 4.74 Å². The van der Waals surface area contributed by atoms with Gasteiger partial charge in [-0.3, -0.25) is 14.9 Å². The van der Waals surface area contributed by atoms with Gasteiger partial charge >= 0.3 is 0 Å². The molecule has 4 aromatic rings. The second-order valence-corrected chi connectivity index (χ2v) is 8.29. The molecule has 0 atom stereocenters. The number of nitrogens with zero attached hydrogens (tertiary/aromatic N) is 2. The van der Waals surface area contributed by atoms with Gasteiger partial charge in [0, 0.05) is 17.7 Å². The Hall–Kier alpha value is -3.23. The van der Waals surface area contributed by atoms with Crippen LogP contribution in [0.1, 0.15) is 10.4 Å². The zero-order chi connectivity index (χ0) is 20.2. The lowest BCUT2D eigenvalue weighted by Crippen LogP contribution is -2.01. The second kappa shape index (κ2) is 8.42. The van der Waals surface area contributed by atoms with Crippen molar-refractivity contribution in [3.05, 3.63) is 88.5 Å². The fourth-order valence-electron chi connectivity index (χ4n) is 2.60. The summed E-state index contributed by atoms with van der Waals surface area (Å²) in [6.07, 6.45) is 0. The minimum absolute atomic E-state index is 0.00363. The highest BCUT2D eigenvalue weighted by Gasteiger charge is 2.10. The predicted octanol–water partition coefficient (Wildman–Crippen LogP) is 5.97. The predicted molar refractivity (Wildman–Crippen MR) is 114 cm³/mol. The van der Waals surface area contributed by atoms with Gasteiger partial charge in [-0.25, -0.2) is 4.98 Å². The van der Waals surface area contributed by atoms with Crippen molar-refractivity contribution in [2.45, 2.75) is 4.34 Å². The molecule has 0 spiro atoms. The van der Waals surface area contributed by atoms with Crippen LogP contribution in [0.4, 0.5) is 5.69 Å². The van der Waals surface area contributed by atoms with E-state index < -0.39 is 4.92 Å². The first-order valence-corrected chi connectivity index (χ1v) is 10.4. The van der Waals surface area contributed by atoms with Crippen molar-refractivity contribution in [1.82, 2.24) is 4.98 Å². The molecule has 0 fully saturated rings. The van der Waals surface area contributed by atoms with Crippen molar-refractivity contribution < 1.29 is 14.5 Å². The number of rotatable bonds is 7. The first-order valence-electron chi connectivity index (χ1n) is 8.62. The number of hydrogen-bond donors (Lipinski definition) is 0. The SMILES string of the molecule is O=C(CSc1nc2ccccc2s1)c1ccc(Oc2ccc([N+](=O)[O-])cc2)cc1. The van der Waals surface area contributed by atoms with Gasteiger partial charge in [-0.2, -0.15) is 0 Å². The molecule has 0 bridgehead atoms. The molecule has 144 valence electrons. The minimum Gasteiger partial charge on any atom is -0.457 e. The maximum absolute atomic E-state index is 12.5. The number of thiazole rings is 1. The van der Waals surface area contributed by atoms with E-state index in [1.807, 2.05) is 24.3 Å². The van der Waals surface area contributed by atoms with E-state index in [9.17, 15) is 14.9 Å². The van der Waals surface area contributed by atoms with E-state index >= 15 is 0 Å². The van der Waals surface area contributed by atoms with Gasteiger partial charge in [-0.05, 0) is 48.5 Å². The monoisotopic (exact) mass is 422 g/mol. The van der Waals surface area contributed by atoms with E-state index in [2.05, 4.69) is 4.98 Å². The molecule has 1 heterocycles. The highest BCUT2D eigenvalue weighted by Crippen LogP contribution is 2.30. The number of non-ortho nitro benzene ring substituents is 1. The third-order valence-electron chi connectivity index (χ3n) is 4.06. The number of nitro groups is 1. The largest absolute Gasteiger partial charge is 0.457 e. The summed E-state index contributed by atoms with van der Waals surface area (Å²) >= 11 is 3.01. The van der Waals surface area contributed by atoms with E-state index in [1.165, 1.54) is 36.0 Å². The van der Waals surface area contributed by atoms with Gasteiger partial charge in [0.15, 0.2) is 10.1 Å². The molecule has 4 rings (SSSR count). The van der Waals surface area contributed by atoms with E-state index in [-0.39, 0.29) is 11.5 Å². The zero-order valence-electron chi connectivity index (χ0n) is 15.0. The molecule has 8 heteroatoms. The van der Waals surface area contributed by atoms with Crippen LogP contribution in [0.5, 0.6) is 11.5 Å². The summed E-state index contributed by atoms with van der Waals surface area (Å²) in [6.45, 7) is 0. The Morgan fingerprint density at radius 3 is 2.31 bits per heavy atom. The molecule has 0 aliphatic rings. The Balaban J connectivity index is 1.36. The standard InChI is InChI=1S/C21H14N2O4S2/c24-19(13-28-21-22-18-3-1-2-4-20(18)29-21)14-5-9-16(10-6-14)27-17-11-7-15(8-12-17)23(25)26/h1-12H,13H2. The number of ketones is 1. The number of hydrogen-bond acceptors (Lipinski definition) is 7. The molecule has 0 unspecified atom stereocenters. The van der Waals surface area contributed by atoms with Crippen molar-refractivity contribution in [2.75, 3.05) is 5.75 Å². The first kappa shape index (κ1) is 19.1. The van der Waals surface area contributed by atoms with Crippen LogP contribution < -0.4 is 4.74 Å². The minimum atomic E-state index is -0.462. The van der Waals surface area contributed by atoms with Gasteiger partial charge in [0.05, 0.1) is 20.9 Å². The van der Waals surface area contributed by atoms with Crippen LogP contribution in [0.15, 0.2) is 77.1 Å². The number of Topliss-reactive ketones (excluding diaryl/α,β-unsaturated/α-hetero) is 1. The molecule has 0 aliphatic carbocycles. The highest BCUT2D eigenvalue weighted by atomic mass is 32.2. The highest BCUT2D eigenvalue weighted by molar-refractivity contribution is 8.01. The molecular formula is C21H14N2O4S2. The fraction of sp³-hybridized carbons (Fsp3) is 0.0476. The fourth-order valence-corrected chi connectivity index (χ4v) is 4.57. The average molecular weight is 422 g/mol. The van der Waals surface area contributed by atoms with Crippen LogP contribution in [0.2, 0.25) is 0 Å². The van der Waals surface area contributed by atoms with E-state index in [0.29, 0.717) is 22.8 Å².